The van der Waals surface area contributed by atoms with Crippen molar-refractivity contribution in [2.24, 2.45) is 0 Å². The number of hydrogen-bond acceptors (Lipinski definition) is 6. The van der Waals surface area contributed by atoms with Crippen LogP contribution in [-0.4, -0.2) is 47.8 Å². The third kappa shape index (κ3) is 4.40. The summed E-state index contributed by atoms with van der Waals surface area (Å²) in [6.45, 7) is 3.00. The first-order chi connectivity index (χ1) is 13.2. The van der Waals surface area contributed by atoms with E-state index in [1.807, 2.05) is 11.0 Å². The van der Waals surface area contributed by atoms with Crippen molar-refractivity contribution in [3.8, 4) is 22.9 Å². The van der Waals surface area contributed by atoms with E-state index in [2.05, 4.69) is 17.1 Å². The zero-order chi connectivity index (χ0) is 19.2. The smallest absolute Gasteiger partial charge is 0.227 e. The summed E-state index contributed by atoms with van der Waals surface area (Å²) in [6, 6.07) is 5.82. The van der Waals surface area contributed by atoms with Crippen molar-refractivity contribution in [2.75, 3.05) is 20.8 Å². The molecule has 0 radical (unpaired) electrons. The number of aromatic nitrogens is 2. The number of likely N-dealkylation sites (tertiary alicyclic amines) is 1. The predicted molar refractivity (Wildman–Crippen MR) is 101 cm³/mol. The van der Waals surface area contributed by atoms with E-state index in [1.54, 1.807) is 26.4 Å². The number of carbonyl (C=O) groups excluding carboxylic acids is 1. The van der Waals surface area contributed by atoms with Crippen LogP contribution in [0.25, 0.3) is 11.4 Å². The molecule has 1 atom stereocenters. The minimum absolute atomic E-state index is 0.174. The first-order valence-electron chi connectivity index (χ1n) is 9.50. The van der Waals surface area contributed by atoms with Gasteiger partial charge in [-0.25, -0.2) is 0 Å². The molecular formula is C20H27N3O4. The van der Waals surface area contributed by atoms with Gasteiger partial charge in [0.15, 0.2) is 11.5 Å². The maximum Gasteiger partial charge on any atom is 0.227 e. The second-order valence-corrected chi connectivity index (χ2v) is 6.73. The number of ether oxygens (including phenoxy) is 2. The number of amides is 1. The number of methoxy groups -OCH3 is 2. The van der Waals surface area contributed by atoms with Crippen LogP contribution in [0.5, 0.6) is 11.5 Å². The molecule has 2 aromatic rings. The quantitative estimate of drug-likeness (QED) is 0.739. The van der Waals surface area contributed by atoms with Gasteiger partial charge in [-0.15, -0.1) is 0 Å². The fraction of sp³-hybridized carbons (Fsp3) is 0.550. The van der Waals surface area contributed by atoms with Crippen LogP contribution in [0.4, 0.5) is 0 Å². The maximum atomic E-state index is 12.6. The Morgan fingerprint density at radius 2 is 2.07 bits per heavy atom. The standard InChI is InChI=1S/C20H27N3O4/c1-4-15-7-5-6-12-23(15)19(24)11-10-18-21-20(22-27-18)14-8-9-16(25-2)17(13-14)26-3/h8-9,13,15H,4-7,10-12H2,1-3H3. The first-order valence-corrected chi connectivity index (χ1v) is 9.50. The number of nitrogens with zero attached hydrogens (tertiary/aromatic N) is 3. The van der Waals surface area contributed by atoms with Gasteiger partial charge in [0.25, 0.3) is 0 Å². The Bertz CT molecular complexity index is 774. The SMILES string of the molecule is CCC1CCCCN1C(=O)CCc1nc(-c2ccc(OC)c(OC)c2)no1. The maximum absolute atomic E-state index is 12.6. The van der Waals surface area contributed by atoms with Crippen LogP contribution in [0.3, 0.4) is 0 Å². The van der Waals surface area contributed by atoms with Gasteiger partial charge in [-0.3, -0.25) is 4.79 Å². The minimum Gasteiger partial charge on any atom is -0.493 e. The molecule has 3 rings (SSSR count). The molecule has 0 bridgehead atoms. The molecule has 1 aliphatic heterocycles. The molecule has 1 amide bonds. The van der Waals surface area contributed by atoms with Crippen LogP contribution in [0.1, 0.15) is 44.9 Å². The van der Waals surface area contributed by atoms with Crippen LogP contribution in [-0.2, 0) is 11.2 Å². The number of rotatable bonds is 7. The zero-order valence-corrected chi connectivity index (χ0v) is 16.2. The lowest BCUT2D eigenvalue weighted by molar-refractivity contribution is -0.135. The van der Waals surface area contributed by atoms with E-state index in [1.165, 1.54) is 6.42 Å². The van der Waals surface area contributed by atoms with Crippen molar-refractivity contribution in [1.29, 1.82) is 0 Å². The molecule has 0 spiro atoms. The summed E-state index contributed by atoms with van der Waals surface area (Å²) in [5.74, 6) is 2.36. The third-order valence-electron chi connectivity index (χ3n) is 5.08. The Hall–Kier alpha value is -2.57. The van der Waals surface area contributed by atoms with Crippen molar-refractivity contribution >= 4 is 5.91 Å². The van der Waals surface area contributed by atoms with Crippen LogP contribution >= 0.6 is 0 Å². The molecule has 1 saturated heterocycles. The van der Waals surface area contributed by atoms with E-state index in [0.29, 0.717) is 42.1 Å². The highest BCUT2D eigenvalue weighted by Gasteiger charge is 2.25. The van der Waals surface area contributed by atoms with Crippen LogP contribution < -0.4 is 9.47 Å². The molecule has 0 aliphatic carbocycles. The summed E-state index contributed by atoms with van der Waals surface area (Å²) in [5, 5.41) is 4.03. The van der Waals surface area contributed by atoms with E-state index >= 15 is 0 Å². The van der Waals surface area contributed by atoms with Crippen LogP contribution in [0.2, 0.25) is 0 Å². The van der Waals surface area contributed by atoms with E-state index < -0.39 is 0 Å². The van der Waals surface area contributed by atoms with Crippen molar-refractivity contribution in [3.63, 3.8) is 0 Å². The summed E-state index contributed by atoms with van der Waals surface area (Å²) in [4.78, 5) is 19.0. The highest BCUT2D eigenvalue weighted by atomic mass is 16.5. The van der Waals surface area contributed by atoms with Crippen molar-refractivity contribution in [2.45, 2.75) is 51.5 Å². The van der Waals surface area contributed by atoms with Gasteiger partial charge in [-0.05, 0) is 43.9 Å². The Balaban J connectivity index is 1.63. The summed E-state index contributed by atoms with van der Waals surface area (Å²) < 4.78 is 15.9. The lowest BCUT2D eigenvalue weighted by Gasteiger charge is -2.35. The predicted octanol–water partition coefficient (Wildman–Crippen LogP) is 3.48. The molecule has 1 unspecified atom stereocenters. The summed E-state index contributed by atoms with van der Waals surface area (Å²) in [5.41, 5.74) is 0.774. The van der Waals surface area contributed by atoms with E-state index in [9.17, 15) is 4.79 Å². The summed E-state index contributed by atoms with van der Waals surface area (Å²) >= 11 is 0. The first kappa shape index (κ1) is 19.2. The normalized spacial score (nSPS) is 17.0. The third-order valence-corrected chi connectivity index (χ3v) is 5.08. The Kier molecular flexibility index (Phi) is 6.32. The highest BCUT2D eigenvalue weighted by molar-refractivity contribution is 5.76. The lowest BCUT2D eigenvalue weighted by atomic mass is 9.99. The molecular weight excluding hydrogens is 346 g/mol. The molecule has 0 saturated carbocycles. The fourth-order valence-electron chi connectivity index (χ4n) is 3.56. The summed E-state index contributed by atoms with van der Waals surface area (Å²) in [7, 11) is 3.17. The second-order valence-electron chi connectivity index (χ2n) is 6.73. The van der Waals surface area contributed by atoms with E-state index in [-0.39, 0.29) is 5.91 Å². The van der Waals surface area contributed by atoms with Gasteiger partial charge in [0.05, 0.1) is 14.2 Å². The van der Waals surface area contributed by atoms with Gasteiger partial charge in [0.2, 0.25) is 17.6 Å². The molecule has 1 aliphatic rings. The number of aryl methyl sites for hydroxylation is 1. The van der Waals surface area contributed by atoms with Crippen molar-refractivity contribution in [1.82, 2.24) is 15.0 Å². The topological polar surface area (TPSA) is 77.7 Å². The van der Waals surface area contributed by atoms with Gasteiger partial charge >= 0.3 is 0 Å². The van der Waals surface area contributed by atoms with E-state index in [4.69, 9.17) is 14.0 Å². The second kappa shape index (κ2) is 8.88. The molecule has 7 nitrogen and oxygen atoms in total. The number of piperidine rings is 1. The molecule has 1 aromatic carbocycles. The highest BCUT2D eigenvalue weighted by Crippen LogP contribution is 2.31. The van der Waals surface area contributed by atoms with Crippen molar-refractivity contribution < 1.29 is 18.8 Å². The molecule has 7 heteroatoms. The zero-order valence-electron chi connectivity index (χ0n) is 16.2. The van der Waals surface area contributed by atoms with Gasteiger partial charge in [-0.2, -0.15) is 4.98 Å². The number of benzene rings is 1. The van der Waals surface area contributed by atoms with Gasteiger partial charge < -0.3 is 18.9 Å². The van der Waals surface area contributed by atoms with Gasteiger partial charge in [-0.1, -0.05) is 12.1 Å². The number of hydrogen-bond donors (Lipinski definition) is 0. The van der Waals surface area contributed by atoms with Gasteiger partial charge in [0, 0.05) is 31.0 Å². The molecule has 2 heterocycles. The fourth-order valence-corrected chi connectivity index (χ4v) is 3.56. The average Bonchev–Trinajstić information content (AvgIpc) is 3.20. The monoisotopic (exact) mass is 373 g/mol. The largest absolute Gasteiger partial charge is 0.493 e. The van der Waals surface area contributed by atoms with Crippen molar-refractivity contribution in [3.05, 3.63) is 24.1 Å². The molecule has 27 heavy (non-hydrogen) atoms. The Morgan fingerprint density at radius 1 is 1.26 bits per heavy atom. The van der Waals surface area contributed by atoms with E-state index in [0.717, 1.165) is 31.4 Å². The van der Waals surface area contributed by atoms with Crippen LogP contribution in [0.15, 0.2) is 22.7 Å². The van der Waals surface area contributed by atoms with Crippen LogP contribution in [0, 0.1) is 0 Å². The minimum atomic E-state index is 0.174. The summed E-state index contributed by atoms with van der Waals surface area (Å²) in [6.07, 6.45) is 5.25. The Morgan fingerprint density at radius 3 is 2.81 bits per heavy atom. The molecule has 1 aromatic heterocycles. The molecule has 146 valence electrons. The number of carbonyl (C=O) groups is 1. The molecule has 0 N–H and O–H groups in total. The molecule has 1 fully saturated rings. The Labute approximate surface area is 159 Å². The average molecular weight is 373 g/mol. The lowest BCUT2D eigenvalue weighted by Crippen LogP contribution is -2.43. The van der Waals surface area contributed by atoms with Gasteiger partial charge in [0.1, 0.15) is 0 Å².